The summed E-state index contributed by atoms with van der Waals surface area (Å²) in [6.07, 6.45) is 1.29. The second-order valence-corrected chi connectivity index (χ2v) is 4.78. The smallest absolute Gasteiger partial charge is 0.224 e. The van der Waals surface area contributed by atoms with E-state index in [0.717, 1.165) is 23.2 Å². The lowest BCUT2D eigenvalue weighted by Crippen LogP contribution is -2.18. The van der Waals surface area contributed by atoms with Crippen LogP contribution >= 0.6 is 0 Å². The van der Waals surface area contributed by atoms with Crippen molar-refractivity contribution in [3.63, 3.8) is 0 Å². The van der Waals surface area contributed by atoms with E-state index in [1.54, 1.807) is 12.1 Å². The Morgan fingerprint density at radius 3 is 2.70 bits per heavy atom. The van der Waals surface area contributed by atoms with Gasteiger partial charge in [0.25, 0.3) is 0 Å². The zero-order valence-corrected chi connectivity index (χ0v) is 10.9. The number of amides is 1. The van der Waals surface area contributed by atoms with E-state index >= 15 is 0 Å². The van der Waals surface area contributed by atoms with Crippen molar-refractivity contribution in [2.24, 2.45) is 0 Å². The van der Waals surface area contributed by atoms with Crippen LogP contribution in [0.4, 0.5) is 10.1 Å². The molecule has 20 heavy (non-hydrogen) atoms. The van der Waals surface area contributed by atoms with E-state index in [-0.39, 0.29) is 11.7 Å². The van der Waals surface area contributed by atoms with Gasteiger partial charge in [-0.3, -0.25) is 4.79 Å². The van der Waals surface area contributed by atoms with Crippen LogP contribution in [0.1, 0.15) is 17.5 Å². The molecule has 1 aliphatic rings. The summed E-state index contributed by atoms with van der Waals surface area (Å²) in [5.41, 5.74) is 2.84. The minimum Gasteiger partial charge on any atom is -0.489 e. The average Bonchev–Trinajstić information content (AvgIpc) is 2.46. The molecular weight excluding hydrogens is 257 g/mol. The third-order valence-corrected chi connectivity index (χ3v) is 3.30. The van der Waals surface area contributed by atoms with E-state index in [1.807, 2.05) is 18.2 Å². The number of anilines is 1. The lowest BCUT2D eigenvalue weighted by atomic mass is 10.0. The molecule has 0 atom stereocenters. The number of ether oxygens (including phenoxy) is 1. The first-order chi connectivity index (χ1) is 9.70. The Morgan fingerprint density at radius 2 is 1.90 bits per heavy atom. The summed E-state index contributed by atoms with van der Waals surface area (Å²) in [6.45, 7) is 0.368. The maximum Gasteiger partial charge on any atom is 0.224 e. The number of benzene rings is 2. The van der Waals surface area contributed by atoms with E-state index in [0.29, 0.717) is 18.8 Å². The molecule has 0 unspecified atom stereocenters. The van der Waals surface area contributed by atoms with E-state index in [9.17, 15) is 9.18 Å². The topological polar surface area (TPSA) is 38.3 Å². The van der Waals surface area contributed by atoms with Crippen molar-refractivity contribution in [1.29, 1.82) is 0 Å². The fourth-order valence-electron chi connectivity index (χ4n) is 2.19. The SMILES string of the molecule is O=C1CCc2ccc(OCc3ccc(F)cc3)cc2N1. The first kappa shape index (κ1) is 12.7. The van der Waals surface area contributed by atoms with Crippen molar-refractivity contribution in [2.75, 3.05) is 5.32 Å². The molecule has 0 fully saturated rings. The molecule has 0 spiro atoms. The Balaban J connectivity index is 1.70. The average molecular weight is 271 g/mol. The first-order valence-electron chi connectivity index (χ1n) is 6.51. The molecule has 0 bridgehead atoms. The summed E-state index contributed by atoms with van der Waals surface area (Å²) < 4.78 is 18.5. The van der Waals surface area contributed by atoms with Crippen LogP contribution in [0.2, 0.25) is 0 Å². The molecule has 3 nitrogen and oxygen atoms in total. The molecule has 2 aromatic rings. The normalized spacial score (nSPS) is 13.6. The van der Waals surface area contributed by atoms with Crippen LogP contribution in [0, 0.1) is 5.82 Å². The van der Waals surface area contributed by atoms with E-state index in [4.69, 9.17) is 4.74 Å². The summed E-state index contributed by atoms with van der Waals surface area (Å²) >= 11 is 0. The Labute approximate surface area is 116 Å². The lowest BCUT2D eigenvalue weighted by molar-refractivity contribution is -0.116. The quantitative estimate of drug-likeness (QED) is 0.930. The van der Waals surface area contributed by atoms with Crippen molar-refractivity contribution >= 4 is 11.6 Å². The molecule has 102 valence electrons. The highest BCUT2D eigenvalue weighted by Gasteiger charge is 2.14. The lowest BCUT2D eigenvalue weighted by Gasteiger charge is -2.17. The van der Waals surface area contributed by atoms with E-state index in [2.05, 4.69) is 5.32 Å². The predicted octanol–water partition coefficient (Wildman–Crippen LogP) is 3.29. The Bertz CT molecular complexity index is 637. The molecule has 1 aliphatic heterocycles. The molecule has 3 rings (SSSR count). The Kier molecular flexibility index (Phi) is 3.37. The minimum absolute atomic E-state index is 0.0354. The van der Waals surface area contributed by atoms with Gasteiger partial charge < -0.3 is 10.1 Å². The van der Waals surface area contributed by atoms with Crippen molar-refractivity contribution in [3.05, 3.63) is 59.4 Å². The van der Waals surface area contributed by atoms with Gasteiger partial charge in [-0.25, -0.2) is 4.39 Å². The molecule has 0 aromatic heterocycles. The summed E-state index contributed by atoms with van der Waals surface area (Å²) in [7, 11) is 0. The molecule has 1 heterocycles. The van der Waals surface area contributed by atoms with Gasteiger partial charge in [0.1, 0.15) is 18.2 Å². The van der Waals surface area contributed by atoms with Gasteiger partial charge in [0.2, 0.25) is 5.91 Å². The summed E-state index contributed by atoms with van der Waals surface area (Å²) in [4.78, 5) is 11.4. The summed E-state index contributed by atoms with van der Waals surface area (Å²) in [6, 6.07) is 11.9. The van der Waals surface area contributed by atoms with Gasteiger partial charge in [0, 0.05) is 18.2 Å². The largest absolute Gasteiger partial charge is 0.489 e. The van der Waals surface area contributed by atoms with Crippen LogP contribution in [0.25, 0.3) is 0 Å². The minimum atomic E-state index is -0.259. The van der Waals surface area contributed by atoms with Crippen LogP contribution < -0.4 is 10.1 Å². The Morgan fingerprint density at radius 1 is 1.10 bits per heavy atom. The predicted molar refractivity (Wildman–Crippen MR) is 74.1 cm³/mol. The number of hydrogen-bond acceptors (Lipinski definition) is 2. The van der Waals surface area contributed by atoms with Crippen molar-refractivity contribution in [3.8, 4) is 5.75 Å². The number of carbonyl (C=O) groups excluding carboxylic acids is 1. The fourth-order valence-corrected chi connectivity index (χ4v) is 2.19. The maximum atomic E-state index is 12.8. The number of nitrogens with one attached hydrogen (secondary N) is 1. The van der Waals surface area contributed by atoms with Gasteiger partial charge in [-0.1, -0.05) is 18.2 Å². The highest BCUT2D eigenvalue weighted by atomic mass is 19.1. The number of aryl methyl sites for hydroxylation is 1. The molecule has 2 aromatic carbocycles. The zero-order valence-electron chi connectivity index (χ0n) is 10.9. The number of carbonyl (C=O) groups is 1. The van der Waals surface area contributed by atoms with Crippen LogP contribution in [0.15, 0.2) is 42.5 Å². The monoisotopic (exact) mass is 271 g/mol. The van der Waals surface area contributed by atoms with E-state index < -0.39 is 0 Å². The van der Waals surface area contributed by atoms with Crippen molar-refractivity contribution in [1.82, 2.24) is 0 Å². The molecule has 4 heteroatoms. The van der Waals surface area contributed by atoms with Crippen LogP contribution in [0.5, 0.6) is 5.75 Å². The third-order valence-electron chi connectivity index (χ3n) is 3.30. The standard InChI is InChI=1S/C16H14FNO2/c17-13-5-1-11(2-6-13)10-20-14-7-3-12-4-8-16(19)18-15(12)9-14/h1-3,5-7,9H,4,8,10H2,(H,18,19). The summed E-state index contributed by atoms with van der Waals surface area (Å²) in [5.74, 6) is 0.466. The van der Waals surface area contributed by atoms with Gasteiger partial charge in [0.05, 0.1) is 0 Å². The second kappa shape index (κ2) is 5.33. The van der Waals surface area contributed by atoms with Gasteiger partial charge in [-0.15, -0.1) is 0 Å². The number of hydrogen-bond donors (Lipinski definition) is 1. The number of halogens is 1. The van der Waals surface area contributed by atoms with Crippen LogP contribution in [-0.2, 0) is 17.8 Å². The van der Waals surface area contributed by atoms with E-state index in [1.165, 1.54) is 12.1 Å². The van der Waals surface area contributed by atoms with Crippen LogP contribution in [-0.4, -0.2) is 5.91 Å². The molecule has 0 saturated carbocycles. The molecule has 1 amide bonds. The van der Waals surface area contributed by atoms with Gasteiger partial charge in [-0.2, -0.15) is 0 Å². The van der Waals surface area contributed by atoms with Crippen LogP contribution in [0.3, 0.4) is 0 Å². The number of rotatable bonds is 3. The molecule has 0 saturated heterocycles. The Hall–Kier alpha value is -2.36. The second-order valence-electron chi connectivity index (χ2n) is 4.78. The maximum absolute atomic E-state index is 12.8. The molecule has 0 radical (unpaired) electrons. The fraction of sp³-hybridized carbons (Fsp3) is 0.188. The zero-order chi connectivity index (χ0) is 13.9. The summed E-state index contributed by atoms with van der Waals surface area (Å²) in [5, 5.41) is 2.84. The van der Waals surface area contributed by atoms with Crippen molar-refractivity contribution < 1.29 is 13.9 Å². The molecule has 1 N–H and O–H groups in total. The number of fused-ring (bicyclic) bond motifs is 1. The third kappa shape index (κ3) is 2.79. The van der Waals surface area contributed by atoms with Crippen molar-refractivity contribution in [2.45, 2.75) is 19.4 Å². The molecular formula is C16H14FNO2. The van der Waals surface area contributed by atoms with Gasteiger partial charge in [-0.05, 0) is 35.7 Å². The highest BCUT2D eigenvalue weighted by Crippen LogP contribution is 2.27. The highest BCUT2D eigenvalue weighted by molar-refractivity contribution is 5.94. The molecule has 0 aliphatic carbocycles. The van der Waals surface area contributed by atoms with Gasteiger partial charge >= 0.3 is 0 Å². The first-order valence-corrected chi connectivity index (χ1v) is 6.51. The van der Waals surface area contributed by atoms with Gasteiger partial charge in [0.15, 0.2) is 0 Å².